The number of hydrogen-bond acceptors (Lipinski definition) is 2. The number of nitrogens with one attached hydrogen (secondary N) is 2. The van der Waals surface area contributed by atoms with E-state index in [4.69, 9.17) is 5.11 Å². The summed E-state index contributed by atoms with van der Waals surface area (Å²) in [5, 5.41) is 14.3. The molecule has 1 aliphatic rings. The normalized spacial score (nSPS) is 20.2. The van der Waals surface area contributed by atoms with Crippen molar-refractivity contribution in [2.45, 2.75) is 65.0 Å². The molecular formula is C13H24N2O3. The minimum atomic E-state index is -1.24. The third-order valence-electron chi connectivity index (χ3n) is 3.64. The maximum absolute atomic E-state index is 11.7. The maximum atomic E-state index is 11.7. The highest BCUT2D eigenvalue weighted by molar-refractivity contribution is 5.85. The molecule has 1 saturated carbocycles. The van der Waals surface area contributed by atoms with Crippen molar-refractivity contribution in [2.75, 3.05) is 0 Å². The van der Waals surface area contributed by atoms with Crippen molar-refractivity contribution < 1.29 is 14.7 Å². The lowest BCUT2D eigenvalue weighted by Crippen LogP contribution is -2.55. The molecule has 3 N–H and O–H groups in total. The van der Waals surface area contributed by atoms with E-state index < -0.39 is 17.5 Å². The van der Waals surface area contributed by atoms with Gasteiger partial charge in [0.15, 0.2) is 0 Å². The fourth-order valence-corrected chi connectivity index (χ4v) is 2.10. The first kappa shape index (κ1) is 14.8. The average Bonchev–Trinajstić information content (AvgIpc) is 2.20. The zero-order valence-corrected chi connectivity index (χ0v) is 11.7. The lowest BCUT2D eigenvalue weighted by Gasteiger charge is -2.35. The third kappa shape index (κ3) is 4.20. The van der Waals surface area contributed by atoms with E-state index in [1.807, 2.05) is 0 Å². The van der Waals surface area contributed by atoms with Crippen molar-refractivity contribution in [1.82, 2.24) is 10.6 Å². The van der Waals surface area contributed by atoms with Gasteiger partial charge >= 0.3 is 12.0 Å². The number of amides is 2. The van der Waals surface area contributed by atoms with Crippen LogP contribution in [0.4, 0.5) is 4.79 Å². The molecule has 0 atom stereocenters. The molecule has 0 saturated heterocycles. The summed E-state index contributed by atoms with van der Waals surface area (Å²) in [6.07, 6.45) is 4.07. The Hall–Kier alpha value is -1.26. The van der Waals surface area contributed by atoms with E-state index in [0.29, 0.717) is 5.41 Å². The van der Waals surface area contributed by atoms with Gasteiger partial charge in [0, 0.05) is 6.04 Å². The van der Waals surface area contributed by atoms with E-state index >= 15 is 0 Å². The molecule has 0 aromatic carbocycles. The molecular weight excluding hydrogens is 232 g/mol. The van der Waals surface area contributed by atoms with Crippen LogP contribution in [0.5, 0.6) is 0 Å². The van der Waals surface area contributed by atoms with Crippen LogP contribution in [0.1, 0.15) is 53.4 Å². The highest BCUT2D eigenvalue weighted by Gasteiger charge is 2.31. The van der Waals surface area contributed by atoms with Crippen molar-refractivity contribution in [1.29, 1.82) is 0 Å². The summed E-state index contributed by atoms with van der Waals surface area (Å²) in [6, 6.07) is -0.241. The number of carboxylic acid groups (broad SMARTS) is 1. The summed E-state index contributed by atoms with van der Waals surface area (Å²) in [7, 11) is 0. The Morgan fingerprint density at radius 3 is 2.17 bits per heavy atom. The van der Waals surface area contributed by atoms with Gasteiger partial charge in [-0.1, -0.05) is 13.8 Å². The zero-order valence-electron chi connectivity index (χ0n) is 11.7. The zero-order chi connectivity index (χ0) is 14.0. The SMILES string of the molecule is CC1(C)CCC(NC(=O)NC(C)(C)C(=O)O)CC1. The minimum absolute atomic E-state index is 0.155. The number of hydrogen-bond donors (Lipinski definition) is 3. The molecule has 0 bridgehead atoms. The Morgan fingerprint density at radius 1 is 1.22 bits per heavy atom. The summed E-state index contributed by atoms with van der Waals surface area (Å²) in [5.41, 5.74) is -0.882. The van der Waals surface area contributed by atoms with Crippen molar-refractivity contribution in [3.63, 3.8) is 0 Å². The molecule has 2 amide bonds. The number of rotatable bonds is 3. The monoisotopic (exact) mass is 256 g/mol. The summed E-state index contributed by atoms with van der Waals surface area (Å²) in [6.45, 7) is 7.41. The number of carboxylic acids is 1. The van der Waals surface area contributed by atoms with Crippen LogP contribution in [0.2, 0.25) is 0 Å². The molecule has 0 aliphatic heterocycles. The van der Waals surface area contributed by atoms with Gasteiger partial charge in [0.2, 0.25) is 0 Å². The Bertz CT molecular complexity index is 327. The van der Waals surface area contributed by atoms with Crippen LogP contribution in [0, 0.1) is 5.41 Å². The van der Waals surface area contributed by atoms with Crippen LogP contribution in [-0.4, -0.2) is 28.7 Å². The predicted molar refractivity (Wildman–Crippen MR) is 69.4 cm³/mol. The molecule has 5 heteroatoms. The lowest BCUT2D eigenvalue weighted by atomic mass is 9.75. The molecule has 1 aliphatic carbocycles. The largest absolute Gasteiger partial charge is 0.480 e. The van der Waals surface area contributed by atoms with Gasteiger partial charge in [-0.2, -0.15) is 0 Å². The molecule has 1 fully saturated rings. The Morgan fingerprint density at radius 2 is 1.72 bits per heavy atom. The van der Waals surface area contributed by atoms with E-state index in [-0.39, 0.29) is 6.04 Å². The van der Waals surface area contributed by atoms with E-state index in [2.05, 4.69) is 24.5 Å². The lowest BCUT2D eigenvalue weighted by molar-refractivity contribution is -0.142. The van der Waals surface area contributed by atoms with Crippen LogP contribution in [0.3, 0.4) is 0 Å². The Balaban J connectivity index is 2.40. The molecule has 0 spiro atoms. The topological polar surface area (TPSA) is 78.4 Å². The van der Waals surface area contributed by atoms with Crippen molar-refractivity contribution in [2.24, 2.45) is 5.41 Å². The van der Waals surface area contributed by atoms with Crippen LogP contribution in [-0.2, 0) is 4.79 Å². The third-order valence-corrected chi connectivity index (χ3v) is 3.64. The van der Waals surface area contributed by atoms with Gasteiger partial charge in [0.05, 0.1) is 0 Å². The molecule has 104 valence electrons. The van der Waals surface area contributed by atoms with E-state index in [1.54, 1.807) is 0 Å². The van der Waals surface area contributed by atoms with Crippen LogP contribution in [0.15, 0.2) is 0 Å². The standard InChI is InChI=1S/C13H24N2O3/c1-12(2)7-5-9(6-8-12)14-11(18)15-13(3,4)10(16)17/h9H,5-8H2,1-4H3,(H,16,17)(H2,14,15,18). The molecule has 0 heterocycles. The molecule has 0 aromatic heterocycles. The second-order valence-corrected chi connectivity index (χ2v) is 6.47. The first-order valence-corrected chi connectivity index (χ1v) is 6.44. The number of aliphatic carboxylic acids is 1. The summed E-state index contributed by atoms with van der Waals surface area (Å²) in [4.78, 5) is 22.6. The molecule has 0 unspecified atom stereocenters. The van der Waals surface area contributed by atoms with E-state index in [0.717, 1.165) is 25.7 Å². The summed E-state index contributed by atoms with van der Waals surface area (Å²) in [5.74, 6) is -1.04. The van der Waals surface area contributed by atoms with Gasteiger partial charge < -0.3 is 15.7 Å². The second kappa shape index (κ2) is 5.16. The summed E-state index contributed by atoms with van der Waals surface area (Å²) < 4.78 is 0. The highest BCUT2D eigenvalue weighted by atomic mass is 16.4. The molecule has 18 heavy (non-hydrogen) atoms. The summed E-state index contributed by atoms with van der Waals surface area (Å²) >= 11 is 0. The number of carbonyl (C=O) groups is 2. The number of carbonyl (C=O) groups excluding carboxylic acids is 1. The van der Waals surface area contributed by atoms with Crippen LogP contribution in [0.25, 0.3) is 0 Å². The molecule has 5 nitrogen and oxygen atoms in total. The maximum Gasteiger partial charge on any atom is 0.328 e. The van der Waals surface area contributed by atoms with Crippen molar-refractivity contribution >= 4 is 12.0 Å². The predicted octanol–water partition coefficient (Wildman–Crippen LogP) is 2.12. The fourth-order valence-electron chi connectivity index (χ4n) is 2.10. The average molecular weight is 256 g/mol. The van der Waals surface area contributed by atoms with Crippen LogP contribution < -0.4 is 10.6 Å². The van der Waals surface area contributed by atoms with E-state index in [9.17, 15) is 9.59 Å². The molecule has 0 aromatic rings. The van der Waals surface area contributed by atoms with Gasteiger partial charge in [-0.15, -0.1) is 0 Å². The Labute approximate surface area is 108 Å². The quantitative estimate of drug-likeness (QED) is 0.723. The smallest absolute Gasteiger partial charge is 0.328 e. The van der Waals surface area contributed by atoms with Gasteiger partial charge in [-0.05, 0) is 44.9 Å². The van der Waals surface area contributed by atoms with Crippen molar-refractivity contribution in [3.8, 4) is 0 Å². The molecule has 1 rings (SSSR count). The van der Waals surface area contributed by atoms with Gasteiger partial charge in [-0.25, -0.2) is 9.59 Å². The van der Waals surface area contributed by atoms with E-state index in [1.165, 1.54) is 13.8 Å². The first-order chi connectivity index (χ1) is 8.12. The van der Waals surface area contributed by atoms with Crippen LogP contribution >= 0.6 is 0 Å². The Kier molecular flexibility index (Phi) is 4.24. The second-order valence-electron chi connectivity index (χ2n) is 6.47. The fraction of sp³-hybridized carbons (Fsp3) is 0.846. The molecule has 0 radical (unpaired) electrons. The first-order valence-electron chi connectivity index (χ1n) is 6.44. The van der Waals surface area contributed by atoms with Crippen molar-refractivity contribution in [3.05, 3.63) is 0 Å². The highest BCUT2D eigenvalue weighted by Crippen LogP contribution is 2.34. The van der Waals surface area contributed by atoms with Gasteiger partial charge in [-0.3, -0.25) is 0 Å². The van der Waals surface area contributed by atoms with Gasteiger partial charge in [0.25, 0.3) is 0 Å². The minimum Gasteiger partial charge on any atom is -0.480 e. The van der Waals surface area contributed by atoms with Gasteiger partial charge in [0.1, 0.15) is 5.54 Å². The number of urea groups is 1.